The lowest BCUT2D eigenvalue weighted by atomic mass is 10.0. The summed E-state index contributed by atoms with van der Waals surface area (Å²) in [4.78, 5) is 0. The van der Waals surface area contributed by atoms with E-state index < -0.39 is 0 Å². The molecular weight excluding hydrogens is 338 g/mol. The van der Waals surface area contributed by atoms with Crippen molar-refractivity contribution < 1.29 is 0 Å². The zero-order valence-corrected chi connectivity index (χ0v) is 11.8. The molecule has 78 valence electrons. The third kappa shape index (κ3) is 2.50. The lowest BCUT2D eigenvalue weighted by Gasteiger charge is -2.12. The van der Waals surface area contributed by atoms with Gasteiger partial charge < -0.3 is 5.73 Å². The number of hydrogen-bond donors (Lipinski definition) is 1. The van der Waals surface area contributed by atoms with Gasteiger partial charge in [0.15, 0.2) is 0 Å². The average Bonchev–Trinajstić information content (AvgIpc) is 2.74. The molecule has 0 saturated heterocycles. The van der Waals surface area contributed by atoms with Crippen LogP contribution in [0.1, 0.15) is 17.2 Å². The van der Waals surface area contributed by atoms with Crippen LogP contribution in [0.2, 0.25) is 0 Å². The molecule has 0 fully saturated rings. The van der Waals surface area contributed by atoms with E-state index in [1.807, 2.05) is 23.6 Å². The van der Waals surface area contributed by atoms with Gasteiger partial charge in [0.05, 0.1) is 6.04 Å². The summed E-state index contributed by atoms with van der Waals surface area (Å²) in [5.41, 5.74) is 8.44. The molecule has 1 atom stereocenters. The first-order valence-electron chi connectivity index (χ1n) is 4.41. The summed E-state index contributed by atoms with van der Waals surface area (Å²) in [6.45, 7) is 0. The Morgan fingerprint density at radius 3 is 2.67 bits per heavy atom. The number of thiophene rings is 1. The van der Waals surface area contributed by atoms with Gasteiger partial charge in [-0.1, -0.05) is 31.9 Å². The zero-order valence-electron chi connectivity index (χ0n) is 7.78. The molecule has 0 aliphatic rings. The fourth-order valence-corrected chi connectivity index (χ4v) is 2.95. The van der Waals surface area contributed by atoms with Gasteiger partial charge in [-0.15, -0.1) is 0 Å². The van der Waals surface area contributed by atoms with Crippen molar-refractivity contribution in [3.63, 3.8) is 0 Å². The standard InChI is InChI=1S/C11H9Br2NS/c12-8-1-2-10(13)9(5-8)11(14)7-3-4-15-6-7/h1-6,11H,14H2/t11-/m1/s1. The van der Waals surface area contributed by atoms with Crippen LogP contribution in [-0.4, -0.2) is 0 Å². The van der Waals surface area contributed by atoms with Crippen LogP contribution in [-0.2, 0) is 0 Å². The van der Waals surface area contributed by atoms with Crippen molar-refractivity contribution in [2.24, 2.45) is 5.73 Å². The number of nitrogens with two attached hydrogens (primary N) is 1. The Morgan fingerprint density at radius 1 is 1.20 bits per heavy atom. The van der Waals surface area contributed by atoms with Gasteiger partial charge in [0.2, 0.25) is 0 Å². The highest BCUT2D eigenvalue weighted by Crippen LogP contribution is 2.30. The Morgan fingerprint density at radius 2 is 2.00 bits per heavy atom. The Kier molecular flexibility index (Phi) is 3.61. The van der Waals surface area contributed by atoms with Gasteiger partial charge in [0, 0.05) is 8.95 Å². The smallest absolute Gasteiger partial charge is 0.0571 e. The molecule has 1 aromatic heterocycles. The molecule has 4 heteroatoms. The van der Waals surface area contributed by atoms with E-state index in [1.165, 1.54) is 0 Å². The van der Waals surface area contributed by atoms with Crippen LogP contribution in [0.5, 0.6) is 0 Å². The van der Waals surface area contributed by atoms with Gasteiger partial charge in [-0.3, -0.25) is 0 Å². The number of hydrogen-bond acceptors (Lipinski definition) is 2. The third-order valence-electron chi connectivity index (χ3n) is 2.20. The van der Waals surface area contributed by atoms with Crippen molar-refractivity contribution in [1.82, 2.24) is 0 Å². The maximum absolute atomic E-state index is 6.19. The predicted molar refractivity (Wildman–Crippen MR) is 72.2 cm³/mol. The second-order valence-corrected chi connectivity index (χ2v) is 5.75. The predicted octanol–water partition coefficient (Wildman–Crippen LogP) is 4.32. The minimum absolute atomic E-state index is 0.0666. The second kappa shape index (κ2) is 4.78. The monoisotopic (exact) mass is 345 g/mol. The van der Waals surface area contributed by atoms with E-state index in [0.717, 1.165) is 20.1 Å². The van der Waals surface area contributed by atoms with E-state index in [9.17, 15) is 0 Å². The van der Waals surface area contributed by atoms with Gasteiger partial charge in [-0.2, -0.15) is 11.3 Å². The van der Waals surface area contributed by atoms with Crippen LogP contribution in [0.25, 0.3) is 0 Å². The maximum Gasteiger partial charge on any atom is 0.0571 e. The number of halogens is 2. The normalized spacial score (nSPS) is 12.7. The molecule has 2 N–H and O–H groups in total. The molecule has 1 heterocycles. The maximum atomic E-state index is 6.19. The molecule has 0 bridgehead atoms. The van der Waals surface area contributed by atoms with E-state index in [4.69, 9.17) is 5.73 Å². The van der Waals surface area contributed by atoms with E-state index in [2.05, 4.69) is 43.3 Å². The molecule has 1 aromatic carbocycles. The van der Waals surface area contributed by atoms with Gasteiger partial charge in [-0.05, 0) is 46.2 Å². The minimum atomic E-state index is -0.0666. The van der Waals surface area contributed by atoms with Gasteiger partial charge >= 0.3 is 0 Å². The van der Waals surface area contributed by atoms with Crippen LogP contribution < -0.4 is 5.73 Å². The Hall–Kier alpha value is -0.160. The van der Waals surface area contributed by atoms with Gasteiger partial charge in [0.1, 0.15) is 0 Å². The van der Waals surface area contributed by atoms with Crippen LogP contribution >= 0.6 is 43.2 Å². The van der Waals surface area contributed by atoms with Crippen LogP contribution in [0, 0.1) is 0 Å². The molecule has 2 aromatic rings. The SMILES string of the molecule is N[C@H](c1ccsc1)c1cc(Br)ccc1Br. The van der Waals surface area contributed by atoms with Crippen LogP contribution in [0.4, 0.5) is 0 Å². The summed E-state index contributed by atoms with van der Waals surface area (Å²) < 4.78 is 2.09. The summed E-state index contributed by atoms with van der Waals surface area (Å²) in [5.74, 6) is 0. The third-order valence-corrected chi connectivity index (χ3v) is 4.11. The molecule has 0 aliphatic carbocycles. The Balaban J connectivity index is 2.41. The van der Waals surface area contributed by atoms with E-state index >= 15 is 0 Å². The van der Waals surface area contributed by atoms with E-state index in [1.54, 1.807) is 11.3 Å². The van der Waals surface area contributed by atoms with Crippen LogP contribution in [0.3, 0.4) is 0 Å². The lowest BCUT2D eigenvalue weighted by molar-refractivity contribution is 0.870. The molecule has 0 unspecified atom stereocenters. The fraction of sp³-hybridized carbons (Fsp3) is 0.0909. The van der Waals surface area contributed by atoms with Crippen molar-refractivity contribution in [3.05, 3.63) is 55.1 Å². The molecule has 0 radical (unpaired) electrons. The summed E-state index contributed by atoms with van der Waals surface area (Å²) in [6.07, 6.45) is 0. The van der Waals surface area contributed by atoms with E-state index in [0.29, 0.717) is 0 Å². The topological polar surface area (TPSA) is 26.0 Å². The van der Waals surface area contributed by atoms with Crippen molar-refractivity contribution in [1.29, 1.82) is 0 Å². The van der Waals surface area contributed by atoms with Crippen molar-refractivity contribution >= 4 is 43.2 Å². The highest BCUT2D eigenvalue weighted by molar-refractivity contribution is 9.11. The number of benzene rings is 1. The average molecular weight is 347 g/mol. The molecule has 0 spiro atoms. The van der Waals surface area contributed by atoms with Crippen LogP contribution in [0.15, 0.2) is 44.0 Å². The Bertz CT molecular complexity index is 454. The first-order valence-corrected chi connectivity index (χ1v) is 6.94. The second-order valence-electron chi connectivity index (χ2n) is 3.20. The number of rotatable bonds is 2. The lowest BCUT2D eigenvalue weighted by Crippen LogP contribution is -2.11. The summed E-state index contributed by atoms with van der Waals surface area (Å²) in [7, 11) is 0. The quantitative estimate of drug-likeness (QED) is 0.860. The summed E-state index contributed by atoms with van der Waals surface area (Å²) >= 11 is 8.64. The molecule has 0 amide bonds. The van der Waals surface area contributed by atoms with Crippen molar-refractivity contribution in [2.75, 3.05) is 0 Å². The Labute approximate surface area is 110 Å². The molecule has 15 heavy (non-hydrogen) atoms. The molecule has 2 rings (SSSR count). The van der Waals surface area contributed by atoms with Crippen molar-refractivity contribution in [2.45, 2.75) is 6.04 Å². The molecule has 0 saturated carbocycles. The largest absolute Gasteiger partial charge is 0.320 e. The first kappa shape index (κ1) is 11.3. The molecular formula is C11H9Br2NS. The van der Waals surface area contributed by atoms with Gasteiger partial charge in [-0.25, -0.2) is 0 Å². The van der Waals surface area contributed by atoms with Gasteiger partial charge in [0.25, 0.3) is 0 Å². The minimum Gasteiger partial charge on any atom is -0.320 e. The van der Waals surface area contributed by atoms with E-state index in [-0.39, 0.29) is 6.04 Å². The van der Waals surface area contributed by atoms with Crippen molar-refractivity contribution in [3.8, 4) is 0 Å². The first-order chi connectivity index (χ1) is 7.18. The molecule has 0 aliphatic heterocycles. The summed E-state index contributed by atoms with van der Waals surface area (Å²) in [6, 6.07) is 8.04. The fourth-order valence-electron chi connectivity index (χ4n) is 1.38. The highest BCUT2D eigenvalue weighted by atomic mass is 79.9. The zero-order chi connectivity index (χ0) is 10.8. The summed E-state index contributed by atoms with van der Waals surface area (Å²) in [5, 5.41) is 4.12. The molecule has 1 nitrogen and oxygen atoms in total. The highest BCUT2D eigenvalue weighted by Gasteiger charge is 2.12.